The number of hydrogen-bond donors (Lipinski definition) is 1. The second kappa shape index (κ2) is 4.89. The number of aryl methyl sites for hydroxylation is 1. The van der Waals surface area contributed by atoms with Gasteiger partial charge in [-0.2, -0.15) is 0 Å². The van der Waals surface area contributed by atoms with Gasteiger partial charge in [0.05, 0.1) is 6.26 Å². The molecule has 4 nitrogen and oxygen atoms in total. The Kier molecular flexibility index (Phi) is 3.06. The summed E-state index contributed by atoms with van der Waals surface area (Å²) in [6.07, 6.45) is 1.64. The van der Waals surface area contributed by atoms with Crippen LogP contribution >= 0.6 is 0 Å². The van der Waals surface area contributed by atoms with Gasteiger partial charge in [-0.15, -0.1) is 0 Å². The topological polar surface area (TPSA) is 49.2 Å². The van der Waals surface area contributed by atoms with Crippen molar-refractivity contribution in [2.24, 2.45) is 0 Å². The lowest BCUT2D eigenvalue weighted by Gasteiger charge is -2.15. The van der Waals surface area contributed by atoms with Crippen molar-refractivity contribution in [3.63, 3.8) is 0 Å². The molecule has 0 aliphatic carbocycles. The molecule has 1 aromatic carbocycles. The molecule has 0 fully saturated rings. The predicted octanol–water partition coefficient (Wildman–Crippen LogP) is 3.34. The van der Waals surface area contributed by atoms with Crippen LogP contribution in [0.4, 0.5) is 0 Å². The van der Waals surface area contributed by atoms with Crippen LogP contribution in [0.5, 0.6) is 0 Å². The number of H-pyrrole nitrogens is 1. The van der Waals surface area contributed by atoms with Gasteiger partial charge < -0.3 is 14.3 Å². The molecule has 1 amide bonds. The third kappa shape index (κ3) is 2.20. The van der Waals surface area contributed by atoms with E-state index in [1.165, 1.54) is 0 Å². The molecule has 0 atom stereocenters. The van der Waals surface area contributed by atoms with Crippen molar-refractivity contribution in [3.8, 4) is 0 Å². The van der Waals surface area contributed by atoms with Gasteiger partial charge in [0.15, 0.2) is 0 Å². The first-order valence-corrected chi connectivity index (χ1v) is 6.51. The Morgan fingerprint density at radius 3 is 2.80 bits per heavy atom. The predicted molar refractivity (Wildman–Crippen MR) is 77.5 cm³/mol. The monoisotopic (exact) mass is 268 g/mol. The van der Waals surface area contributed by atoms with Crippen LogP contribution in [-0.4, -0.2) is 22.8 Å². The molecule has 0 saturated carbocycles. The summed E-state index contributed by atoms with van der Waals surface area (Å²) in [5.41, 5.74) is 2.61. The molecule has 3 rings (SSSR count). The Bertz CT molecular complexity index is 722. The van der Waals surface area contributed by atoms with E-state index in [1.54, 1.807) is 18.2 Å². The average molecular weight is 268 g/mol. The molecule has 0 saturated heterocycles. The van der Waals surface area contributed by atoms with Crippen LogP contribution in [-0.2, 0) is 6.54 Å². The lowest BCUT2D eigenvalue weighted by Crippen LogP contribution is -2.26. The van der Waals surface area contributed by atoms with Gasteiger partial charge in [0.2, 0.25) is 0 Å². The largest absolute Gasteiger partial charge is 0.469 e. The Morgan fingerprint density at radius 1 is 1.30 bits per heavy atom. The second-order valence-corrected chi connectivity index (χ2v) is 4.93. The van der Waals surface area contributed by atoms with Gasteiger partial charge in [-0.05, 0) is 25.1 Å². The summed E-state index contributed by atoms with van der Waals surface area (Å²) in [6, 6.07) is 11.6. The van der Waals surface area contributed by atoms with E-state index in [0.717, 1.165) is 22.2 Å². The molecule has 0 bridgehead atoms. The number of fused-ring (bicyclic) bond motifs is 1. The number of aromatic nitrogens is 1. The number of para-hydroxylation sites is 1. The highest BCUT2D eigenvalue weighted by atomic mass is 16.3. The molecule has 4 heteroatoms. The molecule has 0 unspecified atom stereocenters. The smallest absolute Gasteiger partial charge is 0.270 e. The van der Waals surface area contributed by atoms with Gasteiger partial charge in [0, 0.05) is 30.1 Å². The molecule has 20 heavy (non-hydrogen) atoms. The third-order valence-electron chi connectivity index (χ3n) is 3.48. The average Bonchev–Trinajstić information content (AvgIpc) is 3.04. The van der Waals surface area contributed by atoms with Gasteiger partial charge in [-0.3, -0.25) is 4.79 Å². The minimum atomic E-state index is -0.0261. The number of hydrogen-bond acceptors (Lipinski definition) is 2. The van der Waals surface area contributed by atoms with Crippen molar-refractivity contribution in [3.05, 3.63) is 59.7 Å². The number of carbonyl (C=O) groups is 1. The number of nitrogens with one attached hydrogen (secondary N) is 1. The van der Waals surface area contributed by atoms with Gasteiger partial charge in [-0.25, -0.2) is 0 Å². The fourth-order valence-electron chi connectivity index (χ4n) is 2.30. The fraction of sp³-hybridized carbons (Fsp3) is 0.188. The van der Waals surface area contributed by atoms with Crippen molar-refractivity contribution in [2.75, 3.05) is 7.05 Å². The van der Waals surface area contributed by atoms with E-state index in [-0.39, 0.29) is 5.91 Å². The molecule has 2 heterocycles. The second-order valence-electron chi connectivity index (χ2n) is 4.93. The van der Waals surface area contributed by atoms with E-state index < -0.39 is 0 Å². The zero-order valence-corrected chi connectivity index (χ0v) is 11.5. The molecule has 102 valence electrons. The van der Waals surface area contributed by atoms with Crippen LogP contribution in [0.15, 0.2) is 47.1 Å². The summed E-state index contributed by atoms with van der Waals surface area (Å²) in [6.45, 7) is 2.44. The van der Waals surface area contributed by atoms with E-state index in [1.807, 2.05) is 43.3 Å². The highest BCUT2D eigenvalue weighted by molar-refractivity contribution is 5.97. The summed E-state index contributed by atoms with van der Waals surface area (Å²) >= 11 is 0. The highest BCUT2D eigenvalue weighted by Gasteiger charge is 2.15. The summed E-state index contributed by atoms with van der Waals surface area (Å²) < 4.78 is 5.25. The minimum absolute atomic E-state index is 0.0261. The molecule has 1 N–H and O–H groups in total. The molecule has 0 aliphatic rings. The standard InChI is InChI=1S/C16H16N2O2/c1-11-13(7-8-20-11)10-18(2)16(19)15-9-12-5-3-4-6-14(12)17-15/h3-9,17H,10H2,1-2H3. The van der Waals surface area contributed by atoms with E-state index in [9.17, 15) is 4.79 Å². The Hall–Kier alpha value is -2.49. The van der Waals surface area contributed by atoms with Gasteiger partial charge in [-0.1, -0.05) is 18.2 Å². The number of rotatable bonds is 3. The summed E-state index contributed by atoms with van der Waals surface area (Å²) in [5.74, 6) is 0.822. The first-order chi connectivity index (χ1) is 9.65. The Morgan fingerprint density at radius 2 is 2.10 bits per heavy atom. The fourth-order valence-corrected chi connectivity index (χ4v) is 2.30. The molecular weight excluding hydrogens is 252 g/mol. The van der Waals surface area contributed by atoms with E-state index in [0.29, 0.717) is 12.2 Å². The number of carbonyl (C=O) groups excluding carboxylic acids is 1. The van der Waals surface area contributed by atoms with Crippen LogP contribution in [0, 0.1) is 6.92 Å². The van der Waals surface area contributed by atoms with Crippen molar-refractivity contribution in [2.45, 2.75) is 13.5 Å². The van der Waals surface area contributed by atoms with E-state index in [4.69, 9.17) is 4.42 Å². The zero-order chi connectivity index (χ0) is 14.1. The summed E-state index contributed by atoms with van der Waals surface area (Å²) in [7, 11) is 1.79. The quantitative estimate of drug-likeness (QED) is 0.792. The molecule has 0 radical (unpaired) electrons. The molecular formula is C16H16N2O2. The van der Waals surface area contributed by atoms with Gasteiger partial charge in [0.25, 0.3) is 5.91 Å². The highest BCUT2D eigenvalue weighted by Crippen LogP contribution is 2.17. The summed E-state index contributed by atoms with van der Waals surface area (Å²) in [4.78, 5) is 17.3. The van der Waals surface area contributed by atoms with Crippen LogP contribution in [0.3, 0.4) is 0 Å². The van der Waals surface area contributed by atoms with E-state index in [2.05, 4.69) is 4.98 Å². The normalized spacial score (nSPS) is 10.9. The molecule has 0 spiro atoms. The molecule has 0 aliphatic heterocycles. The number of amides is 1. The van der Waals surface area contributed by atoms with Crippen molar-refractivity contribution < 1.29 is 9.21 Å². The van der Waals surface area contributed by atoms with Crippen LogP contribution in [0.2, 0.25) is 0 Å². The SMILES string of the molecule is Cc1occc1CN(C)C(=O)c1cc2ccccc2[nH]1. The van der Waals surface area contributed by atoms with Crippen LogP contribution < -0.4 is 0 Å². The first kappa shape index (κ1) is 12.5. The number of benzene rings is 1. The number of aromatic amines is 1. The third-order valence-corrected chi connectivity index (χ3v) is 3.48. The van der Waals surface area contributed by atoms with E-state index >= 15 is 0 Å². The Balaban J connectivity index is 1.82. The maximum atomic E-state index is 12.4. The maximum absolute atomic E-state index is 12.4. The molecule has 2 aromatic heterocycles. The lowest BCUT2D eigenvalue weighted by atomic mass is 10.2. The number of furan rings is 1. The zero-order valence-electron chi connectivity index (χ0n) is 11.5. The summed E-state index contributed by atoms with van der Waals surface area (Å²) in [5, 5.41) is 1.05. The van der Waals surface area contributed by atoms with Crippen LogP contribution in [0.1, 0.15) is 21.8 Å². The van der Waals surface area contributed by atoms with Crippen molar-refractivity contribution in [1.29, 1.82) is 0 Å². The lowest BCUT2D eigenvalue weighted by molar-refractivity contribution is 0.0780. The number of nitrogens with zero attached hydrogens (tertiary/aromatic N) is 1. The van der Waals surface area contributed by atoms with Gasteiger partial charge in [0.1, 0.15) is 11.5 Å². The first-order valence-electron chi connectivity index (χ1n) is 6.51. The maximum Gasteiger partial charge on any atom is 0.270 e. The molecule has 3 aromatic rings. The Labute approximate surface area is 117 Å². The van der Waals surface area contributed by atoms with Gasteiger partial charge >= 0.3 is 0 Å². The van der Waals surface area contributed by atoms with Crippen LogP contribution in [0.25, 0.3) is 10.9 Å². The van der Waals surface area contributed by atoms with Crippen molar-refractivity contribution >= 4 is 16.8 Å². The van der Waals surface area contributed by atoms with Crippen molar-refractivity contribution in [1.82, 2.24) is 9.88 Å². The minimum Gasteiger partial charge on any atom is -0.469 e.